The summed E-state index contributed by atoms with van der Waals surface area (Å²) in [6.45, 7) is 0.120. The lowest BCUT2D eigenvalue weighted by Crippen LogP contribution is -2.39. The number of rotatable bonds is 9. The second kappa shape index (κ2) is 11.3. The van der Waals surface area contributed by atoms with Gasteiger partial charge >= 0.3 is 6.18 Å². The molecule has 0 bridgehead atoms. The number of alkyl halides is 3. The summed E-state index contributed by atoms with van der Waals surface area (Å²) in [5.41, 5.74) is 11.1. The van der Waals surface area contributed by atoms with E-state index < -0.39 is 34.8 Å². The van der Waals surface area contributed by atoms with Crippen LogP contribution >= 0.6 is 0 Å². The van der Waals surface area contributed by atoms with Crippen LogP contribution in [0.3, 0.4) is 0 Å². The van der Waals surface area contributed by atoms with Crippen molar-refractivity contribution >= 4 is 11.6 Å². The first kappa shape index (κ1) is 28.9. The largest absolute Gasteiger partial charge is 0.435 e. The molecule has 1 aliphatic carbocycles. The molecule has 5 rings (SSSR count). The molecule has 42 heavy (non-hydrogen) atoms. The van der Waals surface area contributed by atoms with E-state index in [0.717, 1.165) is 30.0 Å². The van der Waals surface area contributed by atoms with Crippen LogP contribution in [0.5, 0.6) is 0 Å². The molecule has 1 amide bonds. The highest BCUT2D eigenvalue weighted by molar-refractivity contribution is 6.03. The molecule has 8 nitrogen and oxygen atoms in total. The number of amides is 1. The smallest absolute Gasteiger partial charge is 0.326 e. The Kier molecular flexibility index (Phi) is 7.81. The van der Waals surface area contributed by atoms with E-state index >= 15 is 4.39 Å². The summed E-state index contributed by atoms with van der Waals surface area (Å²) in [7, 11) is 0. The van der Waals surface area contributed by atoms with E-state index in [4.69, 9.17) is 11.5 Å². The molecule has 2 heterocycles. The Balaban J connectivity index is 1.53. The fourth-order valence-corrected chi connectivity index (χ4v) is 4.78. The molecule has 5 N–H and O–H groups in total. The average Bonchev–Trinajstić information content (AvgIpc) is 3.70. The maximum Gasteiger partial charge on any atom is 0.435 e. The summed E-state index contributed by atoms with van der Waals surface area (Å²) >= 11 is 0. The number of carbonyl (C=O) groups is 1. The number of benzene rings is 2. The van der Waals surface area contributed by atoms with Gasteiger partial charge in [-0.15, -0.1) is 0 Å². The highest BCUT2D eigenvalue weighted by Crippen LogP contribution is 2.40. The van der Waals surface area contributed by atoms with Crippen LogP contribution < -0.4 is 16.8 Å². The first-order valence-electron chi connectivity index (χ1n) is 13.3. The molecule has 2 aromatic carbocycles. The number of nitrogens with zero attached hydrogens (tertiary/aromatic N) is 4. The third-order valence-electron chi connectivity index (χ3n) is 7.32. The van der Waals surface area contributed by atoms with Crippen molar-refractivity contribution in [1.29, 1.82) is 5.26 Å². The van der Waals surface area contributed by atoms with Crippen LogP contribution in [0.1, 0.15) is 64.4 Å². The molecule has 0 radical (unpaired) electrons. The molecular weight excluding hydrogens is 550 g/mol. The number of hydrogen-bond donors (Lipinski definition) is 3. The topological polar surface area (TPSA) is 136 Å². The summed E-state index contributed by atoms with van der Waals surface area (Å²) in [5, 5.41) is 15.4. The Labute approximate surface area is 239 Å². The number of aromatic nitrogens is 3. The van der Waals surface area contributed by atoms with Crippen LogP contribution in [0.4, 0.5) is 23.2 Å². The molecule has 216 valence electrons. The third kappa shape index (κ3) is 6.02. The highest BCUT2D eigenvalue weighted by atomic mass is 19.4. The standard InChI is InChI=1S/C30H27F4N7O/c31-23-10-9-20(29(37,12-11-18-7-8-18)26-6-2-4-21(17-36)38-26)14-24(23)39-28(42)25-15-27(30(32,33)34)40-41(25)22-5-1-3-19(13-22)16-35/h1-6,9-10,13-15,18H,7-8,11-12,16,35,37H2,(H,39,42). The van der Waals surface area contributed by atoms with Crippen molar-refractivity contribution in [2.45, 2.75) is 43.9 Å². The monoisotopic (exact) mass is 577 g/mol. The zero-order valence-corrected chi connectivity index (χ0v) is 22.3. The molecule has 1 fully saturated rings. The van der Waals surface area contributed by atoms with E-state index in [-0.39, 0.29) is 23.6 Å². The van der Waals surface area contributed by atoms with Gasteiger partial charge < -0.3 is 16.8 Å². The van der Waals surface area contributed by atoms with E-state index in [0.29, 0.717) is 35.2 Å². The van der Waals surface area contributed by atoms with Crippen molar-refractivity contribution in [2.75, 3.05) is 5.32 Å². The molecule has 1 unspecified atom stereocenters. The number of halogens is 4. The second-order valence-corrected chi connectivity index (χ2v) is 10.3. The van der Waals surface area contributed by atoms with Crippen molar-refractivity contribution < 1.29 is 22.4 Å². The van der Waals surface area contributed by atoms with Gasteiger partial charge in [-0.2, -0.15) is 23.5 Å². The maximum absolute atomic E-state index is 15.1. The maximum atomic E-state index is 15.1. The number of carbonyl (C=O) groups excluding carboxylic acids is 1. The predicted octanol–water partition coefficient (Wildman–Crippen LogP) is 5.40. The normalized spacial score (nSPS) is 14.7. The summed E-state index contributed by atoms with van der Waals surface area (Å²) in [4.78, 5) is 17.8. The van der Waals surface area contributed by atoms with Gasteiger partial charge in [0.25, 0.3) is 5.91 Å². The Morgan fingerprint density at radius 1 is 1.07 bits per heavy atom. The van der Waals surface area contributed by atoms with E-state index in [9.17, 15) is 23.2 Å². The number of nitrogens with one attached hydrogen (secondary N) is 1. The van der Waals surface area contributed by atoms with Crippen LogP contribution in [-0.2, 0) is 18.3 Å². The number of pyridine rings is 1. The molecule has 1 aliphatic rings. The Morgan fingerprint density at radius 2 is 1.83 bits per heavy atom. The summed E-state index contributed by atoms with van der Waals surface area (Å²) in [6, 6.07) is 17.7. The lowest BCUT2D eigenvalue weighted by atomic mass is 9.82. The minimum absolute atomic E-state index is 0.120. The zero-order chi connectivity index (χ0) is 30.1. The molecule has 1 atom stereocenters. The molecule has 1 saturated carbocycles. The lowest BCUT2D eigenvalue weighted by molar-refractivity contribution is -0.141. The molecule has 4 aromatic rings. The van der Waals surface area contributed by atoms with Crippen molar-refractivity contribution in [3.05, 3.63) is 106 Å². The van der Waals surface area contributed by atoms with E-state index in [2.05, 4.69) is 15.4 Å². The molecule has 2 aromatic heterocycles. The van der Waals surface area contributed by atoms with Gasteiger partial charge in [0, 0.05) is 12.6 Å². The van der Waals surface area contributed by atoms with E-state index in [1.807, 2.05) is 6.07 Å². The number of nitrogens with two attached hydrogens (primary N) is 2. The number of hydrogen-bond acceptors (Lipinski definition) is 6. The minimum Gasteiger partial charge on any atom is -0.326 e. The number of anilines is 1. The Bertz CT molecular complexity index is 1670. The van der Waals surface area contributed by atoms with E-state index in [1.54, 1.807) is 30.3 Å². The third-order valence-corrected chi connectivity index (χ3v) is 7.32. The van der Waals surface area contributed by atoms with Crippen molar-refractivity contribution in [2.24, 2.45) is 17.4 Å². The van der Waals surface area contributed by atoms with Gasteiger partial charge in [-0.3, -0.25) is 4.79 Å². The molecular formula is C30H27F4N7O. The van der Waals surface area contributed by atoms with Gasteiger partial charge in [0.1, 0.15) is 23.3 Å². The zero-order valence-electron chi connectivity index (χ0n) is 22.3. The molecule has 0 saturated heterocycles. The van der Waals surface area contributed by atoms with Gasteiger partial charge in [-0.05, 0) is 66.3 Å². The fourth-order valence-electron chi connectivity index (χ4n) is 4.78. The predicted molar refractivity (Wildman–Crippen MR) is 147 cm³/mol. The minimum atomic E-state index is -4.83. The van der Waals surface area contributed by atoms with Crippen molar-refractivity contribution in [3.63, 3.8) is 0 Å². The molecule has 12 heteroatoms. The summed E-state index contributed by atoms with van der Waals surface area (Å²) in [5.74, 6) is -1.33. The molecule has 0 spiro atoms. The van der Waals surface area contributed by atoms with Crippen LogP contribution in [0.15, 0.2) is 66.7 Å². The summed E-state index contributed by atoms with van der Waals surface area (Å²) < 4.78 is 56.7. The SMILES string of the molecule is N#Cc1cccc(C(N)(CCC2CC2)c2ccc(F)c(NC(=O)c3cc(C(F)(F)F)nn3-c3cccc(CN)c3)c2)n1. The van der Waals surface area contributed by atoms with E-state index in [1.165, 1.54) is 24.3 Å². The van der Waals surface area contributed by atoms with Gasteiger partial charge in [0.15, 0.2) is 5.69 Å². The average molecular weight is 578 g/mol. The first-order valence-corrected chi connectivity index (χ1v) is 13.3. The van der Waals surface area contributed by atoms with Crippen LogP contribution in [0, 0.1) is 23.1 Å². The second-order valence-electron chi connectivity index (χ2n) is 10.3. The molecule has 0 aliphatic heterocycles. The Morgan fingerprint density at radius 3 is 2.52 bits per heavy atom. The van der Waals surface area contributed by atoms with Gasteiger partial charge in [0.05, 0.1) is 22.6 Å². The quantitative estimate of drug-likeness (QED) is 0.228. The summed E-state index contributed by atoms with van der Waals surface area (Å²) in [6.07, 6.45) is -1.46. The van der Waals surface area contributed by atoms with Crippen molar-refractivity contribution in [3.8, 4) is 11.8 Å². The van der Waals surface area contributed by atoms with Gasteiger partial charge in [0.2, 0.25) is 0 Å². The number of nitriles is 1. The fraction of sp³-hybridized carbons (Fsp3) is 0.267. The first-order chi connectivity index (χ1) is 20.0. The van der Waals surface area contributed by atoms with Crippen molar-refractivity contribution in [1.82, 2.24) is 14.8 Å². The van der Waals surface area contributed by atoms with Crippen LogP contribution in [0.2, 0.25) is 0 Å². The highest BCUT2D eigenvalue weighted by Gasteiger charge is 2.37. The Hall–Kier alpha value is -4.60. The van der Waals surface area contributed by atoms with Crippen LogP contribution in [0.25, 0.3) is 5.69 Å². The van der Waals surface area contributed by atoms with Gasteiger partial charge in [-0.1, -0.05) is 37.1 Å². The lowest BCUT2D eigenvalue weighted by Gasteiger charge is -2.30. The van der Waals surface area contributed by atoms with Crippen LogP contribution in [-0.4, -0.2) is 20.7 Å². The van der Waals surface area contributed by atoms with Gasteiger partial charge in [-0.25, -0.2) is 14.1 Å².